The van der Waals surface area contributed by atoms with E-state index in [-0.39, 0.29) is 5.41 Å². The maximum absolute atomic E-state index is 9.96. The van der Waals surface area contributed by atoms with Crippen LogP contribution in [0.25, 0.3) is 0 Å². The molecular formula is C30H53N. The Morgan fingerprint density at radius 1 is 0.677 bits per heavy atom. The van der Waals surface area contributed by atoms with Gasteiger partial charge in [0.2, 0.25) is 0 Å². The summed E-state index contributed by atoms with van der Waals surface area (Å²) < 4.78 is 0. The first kappa shape index (κ1) is 25.1. The topological polar surface area (TPSA) is 23.8 Å². The van der Waals surface area contributed by atoms with Gasteiger partial charge in [0.25, 0.3) is 0 Å². The molecule has 0 saturated heterocycles. The van der Waals surface area contributed by atoms with Gasteiger partial charge in [-0.2, -0.15) is 5.26 Å². The molecule has 31 heavy (non-hydrogen) atoms. The van der Waals surface area contributed by atoms with Gasteiger partial charge in [0.1, 0.15) is 0 Å². The molecule has 3 aliphatic carbocycles. The summed E-state index contributed by atoms with van der Waals surface area (Å²) in [7, 11) is 0. The Bertz CT molecular complexity index is 517. The average Bonchev–Trinajstić information content (AvgIpc) is 2.83. The van der Waals surface area contributed by atoms with Gasteiger partial charge in [0.05, 0.1) is 11.5 Å². The van der Waals surface area contributed by atoms with E-state index in [0.717, 1.165) is 36.0 Å². The molecule has 0 amide bonds. The highest BCUT2D eigenvalue weighted by Crippen LogP contribution is 2.50. The SMILES string of the molecule is CCCCCCC[C@H]1CC[C@H](C2CCC(C3CCCC(C#N)(CCCC)C3)CC2)CC1. The molecule has 0 radical (unpaired) electrons. The van der Waals surface area contributed by atoms with Gasteiger partial charge in [-0.3, -0.25) is 0 Å². The van der Waals surface area contributed by atoms with Crippen molar-refractivity contribution < 1.29 is 0 Å². The van der Waals surface area contributed by atoms with Crippen LogP contribution in [0.15, 0.2) is 0 Å². The summed E-state index contributed by atoms with van der Waals surface area (Å²) in [6.45, 7) is 4.59. The van der Waals surface area contributed by atoms with Gasteiger partial charge in [-0.1, -0.05) is 90.9 Å². The van der Waals surface area contributed by atoms with Gasteiger partial charge in [-0.15, -0.1) is 0 Å². The Morgan fingerprint density at radius 3 is 1.87 bits per heavy atom. The summed E-state index contributed by atoms with van der Waals surface area (Å²) in [5, 5.41) is 9.96. The zero-order valence-corrected chi connectivity index (χ0v) is 21.2. The fourth-order valence-corrected chi connectivity index (χ4v) is 7.78. The number of nitriles is 1. The maximum Gasteiger partial charge on any atom is 0.0689 e. The lowest BCUT2D eigenvalue weighted by Crippen LogP contribution is -2.34. The van der Waals surface area contributed by atoms with Crippen LogP contribution in [0.2, 0.25) is 0 Å². The molecule has 1 heteroatoms. The molecule has 0 aromatic rings. The largest absolute Gasteiger partial charge is 0.198 e. The third kappa shape index (κ3) is 7.51. The molecule has 2 atom stereocenters. The molecule has 0 spiro atoms. The van der Waals surface area contributed by atoms with E-state index in [1.165, 1.54) is 128 Å². The Kier molecular flexibility index (Phi) is 10.7. The second-order valence-corrected chi connectivity index (χ2v) is 12.0. The highest BCUT2D eigenvalue weighted by molar-refractivity contribution is 5.03. The van der Waals surface area contributed by atoms with E-state index in [4.69, 9.17) is 0 Å². The number of unbranched alkanes of at least 4 members (excludes halogenated alkanes) is 5. The molecule has 0 bridgehead atoms. The van der Waals surface area contributed by atoms with Crippen molar-refractivity contribution in [1.82, 2.24) is 0 Å². The van der Waals surface area contributed by atoms with E-state index in [0.29, 0.717) is 0 Å². The lowest BCUT2D eigenvalue weighted by molar-refractivity contribution is 0.0814. The van der Waals surface area contributed by atoms with Gasteiger partial charge in [-0.05, 0) is 87.4 Å². The van der Waals surface area contributed by atoms with Crippen LogP contribution in [-0.2, 0) is 0 Å². The van der Waals surface area contributed by atoms with Crippen molar-refractivity contribution in [2.24, 2.45) is 35.0 Å². The van der Waals surface area contributed by atoms with Gasteiger partial charge < -0.3 is 0 Å². The van der Waals surface area contributed by atoms with Crippen molar-refractivity contribution in [3.8, 4) is 6.07 Å². The third-order valence-corrected chi connectivity index (χ3v) is 9.89. The number of nitrogens with zero attached hydrogens (tertiary/aromatic N) is 1. The maximum atomic E-state index is 9.96. The Labute approximate surface area is 195 Å². The van der Waals surface area contributed by atoms with Crippen LogP contribution < -0.4 is 0 Å². The van der Waals surface area contributed by atoms with Crippen LogP contribution in [0.4, 0.5) is 0 Å². The molecule has 0 aromatic carbocycles. The van der Waals surface area contributed by atoms with Crippen LogP contribution in [-0.4, -0.2) is 0 Å². The van der Waals surface area contributed by atoms with Crippen LogP contribution in [0.1, 0.15) is 149 Å². The van der Waals surface area contributed by atoms with E-state index in [2.05, 4.69) is 19.9 Å². The standard InChI is InChI=1S/C30H53N/c1-3-5-7-8-9-11-25-13-15-26(16-14-25)27-17-19-28(20-18-27)29-12-10-22-30(23-29,24-31)21-6-4-2/h25-29H,3-23H2,1-2H3/t25-,26-,27?,28?,29?,30?. The van der Waals surface area contributed by atoms with Gasteiger partial charge in [0, 0.05) is 0 Å². The van der Waals surface area contributed by atoms with Gasteiger partial charge >= 0.3 is 0 Å². The van der Waals surface area contributed by atoms with Crippen molar-refractivity contribution in [1.29, 1.82) is 5.26 Å². The average molecular weight is 428 g/mol. The molecule has 1 nitrogen and oxygen atoms in total. The molecule has 0 aromatic heterocycles. The normalized spacial score (nSPS) is 36.7. The highest BCUT2D eigenvalue weighted by atomic mass is 14.5. The lowest BCUT2D eigenvalue weighted by atomic mass is 9.61. The van der Waals surface area contributed by atoms with E-state index in [9.17, 15) is 5.26 Å². The summed E-state index contributed by atoms with van der Waals surface area (Å²) in [5.74, 6) is 4.93. The van der Waals surface area contributed by atoms with Gasteiger partial charge in [-0.25, -0.2) is 0 Å². The van der Waals surface area contributed by atoms with E-state index >= 15 is 0 Å². The number of rotatable bonds is 11. The zero-order chi connectivity index (χ0) is 21.9. The van der Waals surface area contributed by atoms with Crippen LogP contribution in [0, 0.1) is 46.3 Å². The molecule has 2 unspecified atom stereocenters. The fraction of sp³-hybridized carbons (Fsp3) is 0.967. The Balaban J connectivity index is 1.36. The quantitative estimate of drug-likeness (QED) is 0.301. The molecule has 3 saturated carbocycles. The Hall–Kier alpha value is -0.510. The van der Waals surface area contributed by atoms with Gasteiger partial charge in [0.15, 0.2) is 0 Å². The molecule has 3 aliphatic rings. The predicted molar refractivity (Wildman–Crippen MR) is 134 cm³/mol. The van der Waals surface area contributed by atoms with Crippen molar-refractivity contribution >= 4 is 0 Å². The number of hydrogen-bond donors (Lipinski definition) is 0. The molecule has 0 aliphatic heterocycles. The summed E-state index contributed by atoms with van der Waals surface area (Å²) in [4.78, 5) is 0. The van der Waals surface area contributed by atoms with Crippen molar-refractivity contribution in [2.45, 2.75) is 149 Å². The highest BCUT2D eigenvalue weighted by Gasteiger charge is 2.40. The molecule has 0 N–H and O–H groups in total. The first-order valence-electron chi connectivity index (χ1n) is 14.6. The van der Waals surface area contributed by atoms with E-state index in [1.807, 2.05) is 0 Å². The summed E-state index contributed by atoms with van der Waals surface area (Å²) in [6.07, 6.45) is 29.6. The monoisotopic (exact) mass is 427 g/mol. The smallest absolute Gasteiger partial charge is 0.0689 e. The summed E-state index contributed by atoms with van der Waals surface area (Å²) in [6, 6.07) is 2.81. The molecule has 3 fully saturated rings. The van der Waals surface area contributed by atoms with Crippen molar-refractivity contribution in [2.75, 3.05) is 0 Å². The lowest BCUT2D eigenvalue weighted by Gasteiger charge is -2.43. The fourth-order valence-electron chi connectivity index (χ4n) is 7.78. The summed E-state index contributed by atoms with van der Waals surface area (Å²) in [5.41, 5.74) is 0.0324. The minimum atomic E-state index is 0.0324. The third-order valence-electron chi connectivity index (χ3n) is 9.89. The van der Waals surface area contributed by atoms with Crippen LogP contribution in [0.5, 0.6) is 0 Å². The summed E-state index contributed by atoms with van der Waals surface area (Å²) >= 11 is 0. The molecule has 3 rings (SSSR count). The Morgan fingerprint density at radius 2 is 1.26 bits per heavy atom. The van der Waals surface area contributed by atoms with E-state index in [1.54, 1.807) is 0 Å². The first-order valence-corrected chi connectivity index (χ1v) is 14.6. The van der Waals surface area contributed by atoms with Crippen molar-refractivity contribution in [3.63, 3.8) is 0 Å². The predicted octanol–water partition coefficient (Wildman–Crippen LogP) is 9.85. The zero-order valence-electron chi connectivity index (χ0n) is 21.2. The second kappa shape index (κ2) is 13.3. The minimum Gasteiger partial charge on any atom is -0.198 e. The van der Waals surface area contributed by atoms with Crippen molar-refractivity contribution in [3.05, 3.63) is 0 Å². The van der Waals surface area contributed by atoms with Crippen LogP contribution in [0.3, 0.4) is 0 Å². The molecule has 0 heterocycles. The van der Waals surface area contributed by atoms with E-state index < -0.39 is 0 Å². The molecular weight excluding hydrogens is 374 g/mol. The second-order valence-electron chi connectivity index (χ2n) is 12.0. The molecule has 178 valence electrons. The van der Waals surface area contributed by atoms with Crippen LogP contribution >= 0.6 is 0 Å². The first-order chi connectivity index (χ1) is 15.2. The minimum absolute atomic E-state index is 0.0324. The number of hydrogen-bond acceptors (Lipinski definition) is 1.